The van der Waals surface area contributed by atoms with Crippen LogP contribution in [0.25, 0.3) is 0 Å². The van der Waals surface area contributed by atoms with Gasteiger partial charge in [-0.2, -0.15) is 0 Å². The van der Waals surface area contributed by atoms with Gasteiger partial charge in [-0.15, -0.1) is 11.3 Å². The summed E-state index contributed by atoms with van der Waals surface area (Å²) in [5.41, 5.74) is 1.00. The Bertz CT molecular complexity index is 323. The minimum atomic E-state index is -1.07. The molecule has 5 heteroatoms. The van der Waals surface area contributed by atoms with Crippen molar-refractivity contribution in [1.29, 1.82) is 0 Å². The predicted molar refractivity (Wildman–Crippen MR) is 49.7 cm³/mol. The molecule has 1 heterocycles. The van der Waals surface area contributed by atoms with Gasteiger partial charge in [0, 0.05) is 17.3 Å². The molecule has 0 bridgehead atoms. The van der Waals surface area contributed by atoms with E-state index in [-0.39, 0.29) is 36.0 Å². The third-order valence-electron chi connectivity index (χ3n) is 1.72. The summed E-state index contributed by atoms with van der Waals surface area (Å²) in [6, 6.07) is 0. The first kappa shape index (κ1) is 14.1. The summed E-state index contributed by atoms with van der Waals surface area (Å²) in [5, 5.41) is 11.0. The van der Waals surface area contributed by atoms with E-state index in [1.165, 1.54) is 11.3 Å². The molecule has 0 saturated carbocycles. The first-order valence-electron chi connectivity index (χ1n) is 4.16. The third kappa shape index (κ3) is 3.69. The van der Waals surface area contributed by atoms with Crippen LogP contribution in [0.4, 0.5) is 0 Å². The molecule has 72 valence electrons. The molecule has 0 unspecified atom stereocenters. The second kappa shape index (κ2) is 5.85. The summed E-state index contributed by atoms with van der Waals surface area (Å²) in [5.74, 6) is -0.712. The summed E-state index contributed by atoms with van der Waals surface area (Å²) in [6.07, 6.45) is -0.0712. The number of thiazole rings is 1. The SMILES string of the molecule is Cc1sc(CC(=O)[O-])nc1C(C)C.[Na+]. The Balaban J connectivity index is 0.00000169. The van der Waals surface area contributed by atoms with Crippen LogP contribution in [0.1, 0.15) is 35.3 Å². The zero-order valence-electron chi connectivity index (χ0n) is 8.96. The number of rotatable bonds is 3. The van der Waals surface area contributed by atoms with Crippen LogP contribution in [0.5, 0.6) is 0 Å². The third-order valence-corrected chi connectivity index (χ3v) is 2.71. The van der Waals surface area contributed by atoms with Crippen molar-refractivity contribution in [3.05, 3.63) is 15.6 Å². The van der Waals surface area contributed by atoms with Crippen LogP contribution >= 0.6 is 11.3 Å². The molecule has 0 saturated heterocycles. The van der Waals surface area contributed by atoms with Gasteiger partial charge in [0.1, 0.15) is 0 Å². The molecule has 1 aromatic heterocycles. The van der Waals surface area contributed by atoms with E-state index in [1.54, 1.807) is 0 Å². The Labute approximate surface area is 110 Å². The van der Waals surface area contributed by atoms with Crippen LogP contribution in [0, 0.1) is 6.92 Å². The van der Waals surface area contributed by atoms with Crippen molar-refractivity contribution in [3.8, 4) is 0 Å². The fourth-order valence-electron chi connectivity index (χ4n) is 1.20. The molecule has 0 fully saturated rings. The number of aliphatic carboxylic acids is 1. The van der Waals surface area contributed by atoms with E-state index in [1.807, 2.05) is 20.8 Å². The summed E-state index contributed by atoms with van der Waals surface area (Å²) in [6.45, 7) is 6.06. The average molecular weight is 221 g/mol. The number of carboxylic acids is 1. The quantitative estimate of drug-likeness (QED) is 0.548. The van der Waals surface area contributed by atoms with Gasteiger partial charge in [-0.25, -0.2) is 4.98 Å². The normalized spacial score (nSPS) is 10.0. The van der Waals surface area contributed by atoms with Gasteiger partial charge in [-0.1, -0.05) is 13.8 Å². The molecular weight excluding hydrogens is 209 g/mol. The van der Waals surface area contributed by atoms with Crippen LogP contribution in [0.15, 0.2) is 0 Å². The zero-order chi connectivity index (χ0) is 10.0. The Morgan fingerprint density at radius 2 is 2.14 bits per heavy atom. The topological polar surface area (TPSA) is 53.0 Å². The fourth-order valence-corrected chi connectivity index (χ4v) is 2.27. The van der Waals surface area contributed by atoms with Gasteiger partial charge in [0.25, 0.3) is 0 Å². The van der Waals surface area contributed by atoms with Crippen molar-refractivity contribution in [2.24, 2.45) is 0 Å². The van der Waals surface area contributed by atoms with E-state index in [0.29, 0.717) is 10.9 Å². The van der Waals surface area contributed by atoms with Gasteiger partial charge in [-0.3, -0.25) is 0 Å². The van der Waals surface area contributed by atoms with Crippen molar-refractivity contribution in [1.82, 2.24) is 4.98 Å². The second-order valence-electron chi connectivity index (χ2n) is 3.25. The molecular formula is C9H12NNaO2S. The Morgan fingerprint density at radius 3 is 2.50 bits per heavy atom. The Hall–Kier alpha value is 0.100. The molecule has 0 spiro atoms. The number of nitrogens with zero attached hydrogens (tertiary/aromatic N) is 1. The largest absolute Gasteiger partial charge is 1.00 e. The van der Waals surface area contributed by atoms with Crippen LogP contribution < -0.4 is 34.7 Å². The summed E-state index contributed by atoms with van der Waals surface area (Å²) >= 11 is 1.44. The van der Waals surface area contributed by atoms with Crippen LogP contribution in [0.3, 0.4) is 0 Å². The molecule has 1 aromatic rings. The molecule has 0 aliphatic rings. The predicted octanol–water partition coefficient (Wildman–Crippen LogP) is -2.13. The maximum absolute atomic E-state index is 10.3. The molecule has 0 amide bonds. The van der Waals surface area contributed by atoms with Gasteiger partial charge in [-0.05, 0) is 12.8 Å². The monoisotopic (exact) mass is 221 g/mol. The maximum atomic E-state index is 10.3. The molecule has 14 heavy (non-hydrogen) atoms. The molecule has 0 radical (unpaired) electrons. The standard InChI is InChI=1S/C9H13NO2S.Na/c1-5(2)9-6(3)13-7(10-9)4-8(11)12;/h5H,4H2,1-3H3,(H,11,12);/q;+1/p-1. The fraction of sp³-hybridized carbons (Fsp3) is 0.556. The Morgan fingerprint density at radius 1 is 1.57 bits per heavy atom. The number of carbonyl (C=O) groups excluding carboxylic acids is 1. The van der Waals surface area contributed by atoms with Crippen molar-refractivity contribution >= 4 is 17.3 Å². The smallest absolute Gasteiger partial charge is 0.550 e. The van der Waals surface area contributed by atoms with Gasteiger partial charge in [0.05, 0.1) is 10.7 Å². The number of carboxylic acid groups (broad SMARTS) is 1. The molecule has 0 aliphatic carbocycles. The first-order valence-corrected chi connectivity index (χ1v) is 4.98. The van der Waals surface area contributed by atoms with Gasteiger partial charge in [0.2, 0.25) is 0 Å². The molecule has 0 aromatic carbocycles. The van der Waals surface area contributed by atoms with E-state index in [0.717, 1.165) is 10.6 Å². The van der Waals surface area contributed by atoms with Gasteiger partial charge in [0.15, 0.2) is 0 Å². The molecule has 0 aliphatic heterocycles. The van der Waals surface area contributed by atoms with E-state index in [4.69, 9.17) is 0 Å². The molecule has 0 atom stereocenters. The molecule has 0 N–H and O–H groups in total. The van der Waals surface area contributed by atoms with E-state index >= 15 is 0 Å². The zero-order valence-corrected chi connectivity index (χ0v) is 11.8. The van der Waals surface area contributed by atoms with Crippen molar-refractivity contribution in [2.75, 3.05) is 0 Å². The van der Waals surface area contributed by atoms with Crippen LogP contribution in [-0.4, -0.2) is 11.0 Å². The molecule has 3 nitrogen and oxygen atoms in total. The summed E-state index contributed by atoms with van der Waals surface area (Å²) in [4.78, 5) is 15.7. The minimum Gasteiger partial charge on any atom is -0.550 e. The van der Waals surface area contributed by atoms with E-state index in [9.17, 15) is 9.90 Å². The van der Waals surface area contributed by atoms with E-state index in [2.05, 4.69) is 4.98 Å². The van der Waals surface area contributed by atoms with Crippen LogP contribution in [0.2, 0.25) is 0 Å². The van der Waals surface area contributed by atoms with Crippen molar-refractivity contribution in [3.63, 3.8) is 0 Å². The summed E-state index contributed by atoms with van der Waals surface area (Å²) in [7, 11) is 0. The van der Waals surface area contributed by atoms with Gasteiger partial charge < -0.3 is 9.90 Å². The van der Waals surface area contributed by atoms with Crippen LogP contribution in [-0.2, 0) is 11.2 Å². The van der Waals surface area contributed by atoms with Crippen molar-refractivity contribution in [2.45, 2.75) is 33.1 Å². The van der Waals surface area contributed by atoms with Gasteiger partial charge >= 0.3 is 29.6 Å². The number of hydrogen-bond acceptors (Lipinski definition) is 4. The number of hydrogen-bond donors (Lipinski definition) is 0. The second-order valence-corrected chi connectivity index (χ2v) is 4.54. The maximum Gasteiger partial charge on any atom is 1.00 e. The number of aryl methyl sites for hydroxylation is 1. The Kier molecular flexibility index (Phi) is 5.90. The number of aromatic nitrogens is 1. The van der Waals surface area contributed by atoms with E-state index < -0.39 is 5.97 Å². The van der Waals surface area contributed by atoms with Crippen molar-refractivity contribution < 1.29 is 39.5 Å². The number of carbonyl (C=O) groups is 1. The average Bonchev–Trinajstić information content (AvgIpc) is 2.29. The molecule has 1 rings (SSSR count). The minimum absolute atomic E-state index is 0. The first-order chi connectivity index (χ1) is 6.00. The summed E-state index contributed by atoms with van der Waals surface area (Å²) < 4.78 is 0.